The van der Waals surface area contributed by atoms with Crippen molar-refractivity contribution in [3.8, 4) is 0 Å². The van der Waals surface area contributed by atoms with Gasteiger partial charge in [-0.1, -0.05) is 13.8 Å². The minimum absolute atomic E-state index is 0.333. The fraction of sp³-hybridized carbons (Fsp3) is 0.667. The zero-order valence-corrected chi connectivity index (χ0v) is 6.20. The molecule has 0 aromatic carbocycles. The maximum atomic E-state index is 9.84. The van der Waals surface area contributed by atoms with E-state index in [-0.39, 0.29) is 0 Å². The van der Waals surface area contributed by atoms with Crippen LogP contribution in [0.3, 0.4) is 0 Å². The maximum absolute atomic E-state index is 9.84. The predicted octanol–water partition coefficient (Wildman–Crippen LogP) is 1.11. The van der Waals surface area contributed by atoms with Gasteiger partial charge in [0.05, 0.1) is 10.6 Å². The third kappa shape index (κ3) is 5.08. The molecular formula is C6H12N2O2. The first-order valence-corrected chi connectivity index (χ1v) is 3.12. The second-order valence-corrected chi connectivity index (χ2v) is 2.59. The minimum atomic E-state index is -0.530. The Kier molecular flexibility index (Phi) is 3.46. The van der Waals surface area contributed by atoms with Gasteiger partial charge >= 0.3 is 0 Å². The minimum Gasteiger partial charge on any atom is -0.397 e. The monoisotopic (exact) mass is 144 g/mol. The second kappa shape index (κ2) is 3.87. The molecule has 4 heteroatoms. The molecule has 0 bridgehead atoms. The van der Waals surface area contributed by atoms with Gasteiger partial charge in [0.25, 0.3) is 6.20 Å². The average Bonchev–Trinajstić information content (AvgIpc) is 1.58. The molecular weight excluding hydrogens is 132 g/mol. The Labute approximate surface area is 59.9 Å². The van der Waals surface area contributed by atoms with Gasteiger partial charge in [0.15, 0.2) is 0 Å². The first-order chi connectivity index (χ1) is 4.52. The number of rotatable bonds is 3. The molecule has 0 radical (unpaired) electrons. The fourth-order valence-corrected chi connectivity index (χ4v) is 0.660. The van der Waals surface area contributed by atoms with Crippen molar-refractivity contribution in [1.29, 1.82) is 0 Å². The lowest BCUT2D eigenvalue weighted by atomic mass is 10.1. The summed E-state index contributed by atoms with van der Waals surface area (Å²) in [7, 11) is 0. The average molecular weight is 144 g/mol. The van der Waals surface area contributed by atoms with Crippen LogP contribution < -0.4 is 5.73 Å². The molecule has 10 heavy (non-hydrogen) atoms. The smallest absolute Gasteiger partial charge is 0.252 e. The van der Waals surface area contributed by atoms with Crippen LogP contribution in [0.25, 0.3) is 0 Å². The fourth-order valence-electron chi connectivity index (χ4n) is 0.660. The Morgan fingerprint density at radius 3 is 2.60 bits per heavy atom. The topological polar surface area (TPSA) is 69.2 Å². The van der Waals surface area contributed by atoms with Gasteiger partial charge in [-0.15, -0.1) is 0 Å². The molecule has 0 aliphatic heterocycles. The van der Waals surface area contributed by atoms with Crippen LogP contribution >= 0.6 is 0 Å². The summed E-state index contributed by atoms with van der Waals surface area (Å²) in [6.07, 6.45) is 1.43. The highest BCUT2D eigenvalue weighted by atomic mass is 16.6. The summed E-state index contributed by atoms with van der Waals surface area (Å²) in [6.45, 7) is 3.92. The normalized spacial score (nSPS) is 12.1. The molecule has 4 nitrogen and oxygen atoms in total. The van der Waals surface area contributed by atoms with Crippen LogP contribution in [0.15, 0.2) is 11.9 Å². The van der Waals surface area contributed by atoms with Crippen LogP contribution in [-0.2, 0) is 0 Å². The third-order valence-corrected chi connectivity index (χ3v) is 0.915. The van der Waals surface area contributed by atoms with Crippen molar-refractivity contribution in [3.05, 3.63) is 22.0 Å². The number of hydrogen-bond donors (Lipinski definition) is 1. The predicted molar refractivity (Wildman–Crippen MR) is 38.7 cm³/mol. The van der Waals surface area contributed by atoms with E-state index in [1.165, 1.54) is 0 Å². The molecule has 0 amide bonds. The van der Waals surface area contributed by atoms with E-state index in [1.54, 1.807) is 0 Å². The summed E-state index contributed by atoms with van der Waals surface area (Å²) >= 11 is 0. The lowest BCUT2D eigenvalue weighted by Crippen LogP contribution is -2.03. The summed E-state index contributed by atoms with van der Waals surface area (Å²) in [5, 5.41) is 9.84. The SMILES string of the molecule is CC(C)CC(N)=C[N+](=O)[O-]. The molecule has 0 spiro atoms. The quantitative estimate of drug-likeness (QED) is 0.476. The highest BCUT2D eigenvalue weighted by Crippen LogP contribution is 2.04. The van der Waals surface area contributed by atoms with E-state index in [0.29, 0.717) is 18.0 Å². The number of hydrogen-bond acceptors (Lipinski definition) is 3. The molecule has 0 rings (SSSR count). The maximum Gasteiger partial charge on any atom is 0.252 e. The van der Waals surface area contributed by atoms with Gasteiger partial charge in [0, 0.05) is 0 Å². The third-order valence-electron chi connectivity index (χ3n) is 0.915. The van der Waals surface area contributed by atoms with Crippen LogP contribution in [0, 0.1) is 16.0 Å². The lowest BCUT2D eigenvalue weighted by molar-refractivity contribution is -0.403. The van der Waals surface area contributed by atoms with Gasteiger partial charge in [-0.3, -0.25) is 10.1 Å². The number of nitro groups is 1. The van der Waals surface area contributed by atoms with Gasteiger partial charge in [-0.2, -0.15) is 0 Å². The van der Waals surface area contributed by atoms with E-state index in [9.17, 15) is 10.1 Å². The Bertz CT molecular complexity index is 152. The van der Waals surface area contributed by atoms with Crippen molar-refractivity contribution in [3.63, 3.8) is 0 Å². The largest absolute Gasteiger partial charge is 0.397 e. The summed E-state index contributed by atoms with van der Waals surface area (Å²) in [6, 6.07) is 0. The van der Waals surface area contributed by atoms with Crippen LogP contribution in [0.5, 0.6) is 0 Å². The number of nitrogens with zero attached hydrogens (tertiary/aromatic N) is 1. The van der Waals surface area contributed by atoms with E-state index >= 15 is 0 Å². The van der Waals surface area contributed by atoms with Crippen LogP contribution in [0.2, 0.25) is 0 Å². The van der Waals surface area contributed by atoms with E-state index in [1.807, 2.05) is 13.8 Å². The molecule has 0 aromatic heterocycles. The second-order valence-electron chi connectivity index (χ2n) is 2.59. The van der Waals surface area contributed by atoms with Gasteiger partial charge in [0.1, 0.15) is 0 Å². The zero-order valence-electron chi connectivity index (χ0n) is 6.20. The Morgan fingerprint density at radius 2 is 2.30 bits per heavy atom. The molecule has 0 aliphatic carbocycles. The molecule has 0 unspecified atom stereocenters. The van der Waals surface area contributed by atoms with Crippen molar-refractivity contribution >= 4 is 0 Å². The first kappa shape index (κ1) is 8.94. The number of nitrogens with two attached hydrogens (primary N) is 1. The van der Waals surface area contributed by atoms with Gasteiger partial charge in [0.2, 0.25) is 0 Å². The first-order valence-electron chi connectivity index (χ1n) is 3.12. The molecule has 0 aromatic rings. The molecule has 0 aliphatic rings. The van der Waals surface area contributed by atoms with E-state index in [4.69, 9.17) is 5.73 Å². The van der Waals surface area contributed by atoms with Gasteiger partial charge < -0.3 is 5.73 Å². The molecule has 0 atom stereocenters. The highest BCUT2D eigenvalue weighted by Gasteiger charge is 1.99. The standard InChI is InChI=1S/C6H12N2O2/c1-5(2)3-6(7)4-8(9)10/h4-5H,3,7H2,1-2H3. The van der Waals surface area contributed by atoms with Crippen molar-refractivity contribution in [2.75, 3.05) is 0 Å². The highest BCUT2D eigenvalue weighted by molar-refractivity contribution is 4.90. The lowest BCUT2D eigenvalue weighted by Gasteiger charge is -2.00. The molecule has 58 valence electrons. The van der Waals surface area contributed by atoms with E-state index < -0.39 is 4.92 Å². The molecule has 0 fully saturated rings. The summed E-state index contributed by atoms with van der Waals surface area (Å²) in [5.74, 6) is 0.371. The molecule has 0 saturated carbocycles. The Hall–Kier alpha value is -1.06. The molecule has 0 saturated heterocycles. The zero-order chi connectivity index (χ0) is 8.15. The van der Waals surface area contributed by atoms with Crippen molar-refractivity contribution in [1.82, 2.24) is 0 Å². The summed E-state index contributed by atoms with van der Waals surface area (Å²) in [4.78, 5) is 9.31. The van der Waals surface area contributed by atoms with Gasteiger partial charge in [-0.25, -0.2) is 0 Å². The van der Waals surface area contributed by atoms with Crippen LogP contribution in [0.1, 0.15) is 20.3 Å². The van der Waals surface area contributed by atoms with Crippen molar-refractivity contribution < 1.29 is 4.92 Å². The van der Waals surface area contributed by atoms with E-state index in [2.05, 4.69) is 0 Å². The Morgan fingerprint density at radius 1 is 1.80 bits per heavy atom. The number of allylic oxidation sites excluding steroid dienone is 1. The summed E-state index contributed by atoms with van der Waals surface area (Å²) in [5.41, 5.74) is 5.63. The van der Waals surface area contributed by atoms with Gasteiger partial charge in [-0.05, 0) is 12.3 Å². The van der Waals surface area contributed by atoms with Crippen molar-refractivity contribution in [2.24, 2.45) is 11.7 Å². The van der Waals surface area contributed by atoms with Crippen LogP contribution in [0.4, 0.5) is 0 Å². The molecule has 2 N–H and O–H groups in total. The van der Waals surface area contributed by atoms with Crippen molar-refractivity contribution in [2.45, 2.75) is 20.3 Å². The molecule has 0 heterocycles. The Balaban J connectivity index is 3.83. The van der Waals surface area contributed by atoms with Crippen LogP contribution in [-0.4, -0.2) is 4.92 Å². The van der Waals surface area contributed by atoms with E-state index in [0.717, 1.165) is 6.20 Å². The summed E-state index contributed by atoms with van der Waals surface area (Å²) < 4.78 is 0.